The van der Waals surface area contributed by atoms with Crippen LogP contribution in [0, 0.1) is 11.3 Å². The Morgan fingerprint density at radius 1 is 1.60 bits per heavy atom. The van der Waals surface area contributed by atoms with E-state index in [1.54, 1.807) is 7.05 Å². The number of hydrogen-bond acceptors (Lipinski definition) is 1. The fourth-order valence-corrected chi connectivity index (χ4v) is 2.08. The smallest absolute Gasteiger partial charge is 0.223 e. The van der Waals surface area contributed by atoms with Gasteiger partial charge in [0.1, 0.15) is 0 Å². The van der Waals surface area contributed by atoms with E-state index in [1.807, 2.05) is 0 Å². The van der Waals surface area contributed by atoms with Crippen LogP contribution in [0.15, 0.2) is 0 Å². The van der Waals surface area contributed by atoms with Gasteiger partial charge < -0.3 is 5.32 Å². The largest absolute Gasteiger partial charge is 0.359 e. The van der Waals surface area contributed by atoms with Crippen molar-refractivity contribution in [1.29, 1.82) is 0 Å². The number of rotatable bonds is 1. The average Bonchev–Trinajstić information content (AvgIpc) is 2.59. The van der Waals surface area contributed by atoms with Gasteiger partial charge in [0.05, 0.1) is 0 Å². The molecule has 0 aromatic rings. The summed E-state index contributed by atoms with van der Waals surface area (Å²) in [6, 6.07) is 0. The normalized spacial score (nSPS) is 33.1. The molecule has 0 heterocycles. The van der Waals surface area contributed by atoms with Crippen LogP contribution in [-0.4, -0.2) is 13.0 Å². The number of carbonyl (C=O) groups excluding carboxylic acids is 1. The second-order valence-electron chi connectivity index (χ2n) is 3.59. The third-order valence-electron chi connectivity index (χ3n) is 3.10. The molecule has 0 aromatic heterocycles. The van der Waals surface area contributed by atoms with Crippen molar-refractivity contribution in [2.24, 2.45) is 11.3 Å². The quantitative estimate of drug-likeness (QED) is 0.575. The van der Waals surface area contributed by atoms with Crippen LogP contribution in [-0.2, 0) is 4.79 Å². The molecule has 1 amide bonds. The van der Waals surface area contributed by atoms with E-state index in [-0.39, 0.29) is 5.91 Å². The van der Waals surface area contributed by atoms with Gasteiger partial charge in [-0.1, -0.05) is 6.42 Å². The molecule has 0 saturated heterocycles. The highest BCUT2D eigenvalue weighted by Gasteiger charge is 2.60. The molecule has 2 nitrogen and oxygen atoms in total. The first-order valence-electron chi connectivity index (χ1n) is 4.00. The second-order valence-corrected chi connectivity index (χ2v) is 3.59. The van der Waals surface area contributed by atoms with E-state index in [0.717, 1.165) is 6.42 Å². The number of amides is 1. The lowest BCUT2D eigenvalue weighted by molar-refractivity contribution is -0.123. The van der Waals surface area contributed by atoms with Crippen molar-refractivity contribution in [1.82, 2.24) is 5.32 Å². The minimum Gasteiger partial charge on any atom is -0.359 e. The topological polar surface area (TPSA) is 29.1 Å². The fourth-order valence-electron chi connectivity index (χ4n) is 2.08. The third kappa shape index (κ3) is 0.619. The summed E-state index contributed by atoms with van der Waals surface area (Å²) in [4.78, 5) is 11.1. The summed E-state index contributed by atoms with van der Waals surface area (Å²) >= 11 is 0. The van der Waals surface area contributed by atoms with Crippen molar-refractivity contribution < 1.29 is 4.79 Å². The summed E-state index contributed by atoms with van der Waals surface area (Å²) in [5.74, 6) is 0.644. The minimum absolute atomic E-state index is 0.264. The number of nitrogens with one attached hydrogen (secondary N) is 1. The summed E-state index contributed by atoms with van der Waals surface area (Å²) in [7, 11) is 1.73. The van der Waals surface area contributed by atoms with E-state index in [1.165, 1.54) is 19.3 Å². The van der Waals surface area contributed by atoms with Gasteiger partial charge in [-0.15, -0.1) is 0 Å². The molecule has 1 N–H and O–H groups in total. The zero-order valence-corrected chi connectivity index (χ0v) is 6.31. The van der Waals surface area contributed by atoms with Crippen molar-refractivity contribution >= 4 is 5.91 Å². The van der Waals surface area contributed by atoms with Gasteiger partial charge in [0.25, 0.3) is 0 Å². The van der Waals surface area contributed by atoms with Crippen molar-refractivity contribution in [3.8, 4) is 0 Å². The van der Waals surface area contributed by atoms with Crippen LogP contribution in [0.1, 0.15) is 25.7 Å². The molecule has 2 aliphatic rings. The van der Waals surface area contributed by atoms with E-state index >= 15 is 0 Å². The van der Waals surface area contributed by atoms with Gasteiger partial charge in [-0.3, -0.25) is 4.79 Å². The van der Waals surface area contributed by atoms with Gasteiger partial charge in [-0.05, 0) is 24.7 Å². The highest BCUT2D eigenvalue weighted by atomic mass is 16.2. The zero-order valence-electron chi connectivity index (χ0n) is 6.31. The molecule has 1 atom stereocenters. The number of hydrogen-bond donors (Lipinski definition) is 1. The lowest BCUT2D eigenvalue weighted by Crippen LogP contribution is -2.26. The molecule has 2 saturated carbocycles. The van der Waals surface area contributed by atoms with Crippen molar-refractivity contribution in [2.75, 3.05) is 7.05 Å². The Morgan fingerprint density at radius 2 is 2.30 bits per heavy atom. The Morgan fingerprint density at radius 3 is 2.60 bits per heavy atom. The lowest BCUT2D eigenvalue weighted by atomic mass is 9.80. The summed E-state index contributed by atoms with van der Waals surface area (Å²) in [6.07, 6.45) is 5.09. The predicted molar refractivity (Wildman–Crippen MR) is 38.5 cm³/mol. The Hall–Kier alpha value is -0.530. The van der Waals surface area contributed by atoms with Crippen LogP contribution in [0.5, 0.6) is 0 Å². The van der Waals surface area contributed by atoms with Crippen LogP contribution in [0.4, 0.5) is 0 Å². The Balaban J connectivity index is 1.94. The molecule has 10 heavy (non-hydrogen) atoms. The van der Waals surface area contributed by atoms with Crippen LogP contribution in [0.3, 0.4) is 0 Å². The molecule has 2 heteroatoms. The molecular weight excluding hydrogens is 126 g/mol. The molecule has 1 spiro atoms. The maximum atomic E-state index is 11.1. The monoisotopic (exact) mass is 139 g/mol. The summed E-state index contributed by atoms with van der Waals surface area (Å²) in [5, 5.41) is 2.71. The van der Waals surface area contributed by atoms with Crippen molar-refractivity contribution in [2.45, 2.75) is 25.7 Å². The van der Waals surface area contributed by atoms with Crippen molar-refractivity contribution in [3.63, 3.8) is 0 Å². The Labute approximate surface area is 61.0 Å². The van der Waals surface area contributed by atoms with Crippen LogP contribution < -0.4 is 5.32 Å². The maximum Gasteiger partial charge on any atom is 0.223 e. The highest BCUT2D eigenvalue weighted by molar-refractivity contribution is 5.82. The average molecular weight is 139 g/mol. The van der Waals surface area contributed by atoms with Crippen LogP contribution in [0.2, 0.25) is 0 Å². The van der Waals surface area contributed by atoms with E-state index in [0.29, 0.717) is 11.3 Å². The predicted octanol–water partition coefficient (Wildman–Crippen LogP) is 0.923. The standard InChI is InChI=1S/C8H13NO/c1-9-7(10)6-5-8(6)3-2-4-8/h6H,2-5H2,1H3,(H,9,10). The van der Waals surface area contributed by atoms with Gasteiger partial charge in [-0.25, -0.2) is 0 Å². The molecule has 0 bridgehead atoms. The lowest BCUT2D eigenvalue weighted by Gasteiger charge is -2.25. The second kappa shape index (κ2) is 1.74. The zero-order chi connectivity index (χ0) is 7.19. The van der Waals surface area contributed by atoms with E-state index in [2.05, 4.69) is 5.32 Å². The summed E-state index contributed by atoms with van der Waals surface area (Å²) < 4.78 is 0. The van der Waals surface area contributed by atoms with E-state index in [9.17, 15) is 4.79 Å². The Kier molecular flexibility index (Phi) is 1.08. The molecule has 2 fully saturated rings. The maximum absolute atomic E-state index is 11.1. The molecule has 1 unspecified atom stereocenters. The molecule has 0 radical (unpaired) electrons. The summed E-state index contributed by atoms with van der Waals surface area (Å²) in [5.41, 5.74) is 0.500. The Bertz CT molecular complexity index is 172. The first-order valence-corrected chi connectivity index (χ1v) is 4.00. The fraction of sp³-hybridized carbons (Fsp3) is 0.875. The molecule has 2 rings (SSSR count). The minimum atomic E-state index is 0.264. The molecular formula is C8H13NO. The van der Waals surface area contributed by atoms with Gasteiger partial charge in [0.15, 0.2) is 0 Å². The van der Waals surface area contributed by atoms with Gasteiger partial charge in [0.2, 0.25) is 5.91 Å². The van der Waals surface area contributed by atoms with E-state index in [4.69, 9.17) is 0 Å². The van der Waals surface area contributed by atoms with Gasteiger partial charge >= 0.3 is 0 Å². The van der Waals surface area contributed by atoms with Gasteiger partial charge in [-0.2, -0.15) is 0 Å². The molecule has 56 valence electrons. The summed E-state index contributed by atoms with van der Waals surface area (Å²) in [6.45, 7) is 0. The molecule has 0 aromatic carbocycles. The van der Waals surface area contributed by atoms with Crippen molar-refractivity contribution in [3.05, 3.63) is 0 Å². The third-order valence-corrected chi connectivity index (χ3v) is 3.10. The molecule has 2 aliphatic carbocycles. The van der Waals surface area contributed by atoms with E-state index < -0.39 is 0 Å². The van der Waals surface area contributed by atoms with Crippen LogP contribution >= 0.6 is 0 Å². The van der Waals surface area contributed by atoms with Gasteiger partial charge in [0, 0.05) is 13.0 Å². The number of carbonyl (C=O) groups is 1. The first-order chi connectivity index (χ1) is 4.78. The highest BCUT2D eigenvalue weighted by Crippen LogP contribution is 2.65. The van der Waals surface area contributed by atoms with Crippen LogP contribution in [0.25, 0.3) is 0 Å². The first kappa shape index (κ1) is 6.20. The SMILES string of the molecule is CNC(=O)C1CC12CCC2. The molecule has 0 aliphatic heterocycles.